The fourth-order valence-corrected chi connectivity index (χ4v) is 3.98. The SMILES string of the molecule is CC(C)Cn1c(CNC(=O)OC(C)(C)C)c(-c2ccc(F)cc2)c2cc(Br)ccc2c1=O. The highest BCUT2D eigenvalue weighted by Crippen LogP contribution is 2.33. The van der Waals surface area contributed by atoms with E-state index in [-0.39, 0.29) is 23.8 Å². The van der Waals surface area contributed by atoms with Gasteiger partial charge < -0.3 is 14.6 Å². The Bertz CT molecular complexity index is 1200. The molecule has 2 aromatic carbocycles. The van der Waals surface area contributed by atoms with Crippen molar-refractivity contribution in [1.82, 2.24) is 9.88 Å². The van der Waals surface area contributed by atoms with Crippen molar-refractivity contribution in [2.24, 2.45) is 5.92 Å². The highest BCUT2D eigenvalue weighted by atomic mass is 79.9. The molecule has 3 rings (SSSR count). The summed E-state index contributed by atoms with van der Waals surface area (Å²) in [7, 11) is 0. The molecule has 0 saturated heterocycles. The Morgan fingerprint density at radius 3 is 2.38 bits per heavy atom. The van der Waals surface area contributed by atoms with Crippen LogP contribution in [-0.4, -0.2) is 16.3 Å². The summed E-state index contributed by atoms with van der Waals surface area (Å²) < 4.78 is 21.6. The van der Waals surface area contributed by atoms with E-state index in [1.165, 1.54) is 12.1 Å². The molecule has 3 aromatic rings. The Kier molecular flexibility index (Phi) is 7.08. The van der Waals surface area contributed by atoms with E-state index in [1.54, 1.807) is 43.5 Å². The maximum Gasteiger partial charge on any atom is 0.407 e. The van der Waals surface area contributed by atoms with Gasteiger partial charge in [-0.15, -0.1) is 0 Å². The molecule has 0 saturated carbocycles. The van der Waals surface area contributed by atoms with Crippen LogP contribution in [0.1, 0.15) is 40.3 Å². The molecule has 0 aliphatic carbocycles. The molecule has 0 bridgehead atoms. The maximum atomic E-state index is 13.7. The van der Waals surface area contributed by atoms with Crippen LogP contribution in [0.5, 0.6) is 0 Å². The molecule has 1 amide bonds. The summed E-state index contributed by atoms with van der Waals surface area (Å²) >= 11 is 3.50. The predicted octanol–water partition coefficient (Wildman–Crippen LogP) is 6.25. The second kappa shape index (κ2) is 9.45. The van der Waals surface area contributed by atoms with Gasteiger partial charge in [-0.05, 0) is 68.0 Å². The number of nitrogens with zero attached hydrogens (tertiary/aromatic N) is 1. The molecular formula is C25H28BrFN2O3. The molecule has 0 unspecified atom stereocenters. The summed E-state index contributed by atoms with van der Waals surface area (Å²) in [5.41, 5.74) is 1.40. The van der Waals surface area contributed by atoms with E-state index >= 15 is 0 Å². The van der Waals surface area contributed by atoms with Crippen LogP contribution in [0, 0.1) is 11.7 Å². The van der Waals surface area contributed by atoms with Crippen LogP contribution in [0.4, 0.5) is 9.18 Å². The average Bonchev–Trinajstić information content (AvgIpc) is 2.68. The van der Waals surface area contributed by atoms with Crippen molar-refractivity contribution in [3.05, 3.63) is 68.8 Å². The van der Waals surface area contributed by atoms with Gasteiger partial charge in [0.25, 0.3) is 5.56 Å². The van der Waals surface area contributed by atoms with E-state index in [0.717, 1.165) is 21.0 Å². The van der Waals surface area contributed by atoms with Crippen molar-refractivity contribution in [1.29, 1.82) is 0 Å². The van der Waals surface area contributed by atoms with Crippen LogP contribution in [0.3, 0.4) is 0 Å². The molecular weight excluding hydrogens is 475 g/mol. The third-order valence-electron chi connectivity index (χ3n) is 4.82. The lowest BCUT2D eigenvalue weighted by molar-refractivity contribution is 0.0522. The number of rotatable bonds is 5. The van der Waals surface area contributed by atoms with Gasteiger partial charge in [0.2, 0.25) is 0 Å². The van der Waals surface area contributed by atoms with Gasteiger partial charge in [-0.25, -0.2) is 9.18 Å². The van der Waals surface area contributed by atoms with E-state index in [1.807, 2.05) is 26.0 Å². The number of alkyl carbamates (subject to hydrolysis) is 1. The van der Waals surface area contributed by atoms with Crippen LogP contribution in [0.2, 0.25) is 0 Å². The van der Waals surface area contributed by atoms with Gasteiger partial charge in [0.05, 0.1) is 6.54 Å². The summed E-state index contributed by atoms with van der Waals surface area (Å²) in [6.45, 7) is 9.99. The Labute approximate surface area is 195 Å². The van der Waals surface area contributed by atoms with Crippen molar-refractivity contribution in [3.8, 4) is 11.1 Å². The Morgan fingerprint density at radius 1 is 1.12 bits per heavy atom. The highest BCUT2D eigenvalue weighted by molar-refractivity contribution is 9.10. The van der Waals surface area contributed by atoms with E-state index < -0.39 is 11.7 Å². The highest BCUT2D eigenvalue weighted by Gasteiger charge is 2.21. The van der Waals surface area contributed by atoms with Gasteiger partial charge in [0, 0.05) is 27.7 Å². The fraction of sp³-hybridized carbons (Fsp3) is 0.360. The number of hydrogen-bond donors (Lipinski definition) is 1. The predicted molar refractivity (Wildman–Crippen MR) is 129 cm³/mol. The third-order valence-corrected chi connectivity index (χ3v) is 5.31. The van der Waals surface area contributed by atoms with Gasteiger partial charge in [-0.1, -0.05) is 41.9 Å². The molecule has 170 valence electrons. The molecule has 0 fully saturated rings. The monoisotopic (exact) mass is 502 g/mol. The zero-order valence-electron chi connectivity index (χ0n) is 19.0. The van der Waals surface area contributed by atoms with E-state index in [9.17, 15) is 14.0 Å². The first-order chi connectivity index (χ1) is 15.0. The summed E-state index contributed by atoms with van der Waals surface area (Å²) in [6.07, 6.45) is -0.569. The number of nitrogens with one attached hydrogen (secondary N) is 1. The van der Waals surface area contributed by atoms with Crippen molar-refractivity contribution >= 4 is 32.8 Å². The number of halogens is 2. The maximum absolute atomic E-state index is 13.7. The first-order valence-electron chi connectivity index (χ1n) is 10.5. The van der Waals surface area contributed by atoms with Gasteiger partial charge in [0.15, 0.2) is 0 Å². The van der Waals surface area contributed by atoms with Gasteiger partial charge >= 0.3 is 6.09 Å². The van der Waals surface area contributed by atoms with Crippen LogP contribution >= 0.6 is 15.9 Å². The second-order valence-electron chi connectivity index (χ2n) is 9.18. The minimum atomic E-state index is -0.643. The Morgan fingerprint density at radius 2 is 1.78 bits per heavy atom. The molecule has 1 N–H and O–H groups in total. The minimum absolute atomic E-state index is 0.0893. The number of ether oxygens (including phenoxy) is 1. The van der Waals surface area contributed by atoms with Crippen LogP contribution < -0.4 is 10.9 Å². The normalized spacial score (nSPS) is 11.8. The number of amides is 1. The van der Waals surface area contributed by atoms with Crippen LogP contribution in [-0.2, 0) is 17.8 Å². The van der Waals surface area contributed by atoms with Crippen molar-refractivity contribution in [3.63, 3.8) is 0 Å². The number of benzene rings is 2. The van der Waals surface area contributed by atoms with Gasteiger partial charge in [-0.3, -0.25) is 4.79 Å². The Balaban J connectivity index is 2.27. The van der Waals surface area contributed by atoms with E-state index in [2.05, 4.69) is 21.2 Å². The smallest absolute Gasteiger partial charge is 0.407 e. The molecule has 0 radical (unpaired) electrons. The summed E-state index contributed by atoms with van der Waals surface area (Å²) in [5.74, 6) is -0.148. The molecule has 0 spiro atoms. The number of aromatic nitrogens is 1. The summed E-state index contributed by atoms with van der Waals surface area (Å²) in [4.78, 5) is 25.8. The molecule has 7 heteroatoms. The molecule has 0 aliphatic heterocycles. The van der Waals surface area contributed by atoms with Crippen LogP contribution in [0.25, 0.3) is 21.9 Å². The van der Waals surface area contributed by atoms with Crippen molar-refractivity contribution < 1.29 is 13.9 Å². The molecule has 5 nitrogen and oxygen atoms in total. The lowest BCUT2D eigenvalue weighted by Gasteiger charge is -2.23. The summed E-state index contributed by atoms with van der Waals surface area (Å²) in [6, 6.07) is 11.7. The number of hydrogen-bond acceptors (Lipinski definition) is 3. The minimum Gasteiger partial charge on any atom is -0.444 e. The second-order valence-corrected chi connectivity index (χ2v) is 10.1. The quantitative estimate of drug-likeness (QED) is 0.448. The molecule has 1 heterocycles. The number of pyridine rings is 1. The molecule has 0 aliphatic rings. The molecule has 32 heavy (non-hydrogen) atoms. The van der Waals surface area contributed by atoms with E-state index in [4.69, 9.17) is 4.74 Å². The largest absolute Gasteiger partial charge is 0.444 e. The lowest BCUT2D eigenvalue weighted by Crippen LogP contribution is -2.35. The number of carbonyl (C=O) groups excluding carboxylic acids is 1. The zero-order chi connectivity index (χ0) is 23.6. The number of carbonyl (C=O) groups is 1. The third kappa shape index (κ3) is 5.57. The van der Waals surface area contributed by atoms with Gasteiger partial charge in [0.1, 0.15) is 11.4 Å². The topological polar surface area (TPSA) is 60.3 Å². The standard InChI is InChI=1S/C25H28BrFN2O3/c1-15(2)14-29-21(13-28-24(31)32-25(3,4)5)22(16-6-9-18(27)10-7-16)20-12-17(26)8-11-19(20)23(29)30/h6-12,15H,13-14H2,1-5H3,(H,28,31). The Hall–Kier alpha value is -2.67. The zero-order valence-corrected chi connectivity index (χ0v) is 20.5. The van der Waals surface area contributed by atoms with Crippen LogP contribution in [0.15, 0.2) is 51.7 Å². The van der Waals surface area contributed by atoms with Crippen molar-refractivity contribution in [2.75, 3.05) is 0 Å². The van der Waals surface area contributed by atoms with E-state index in [0.29, 0.717) is 17.6 Å². The number of fused-ring (bicyclic) bond motifs is 1. The molecule has 0 atom stereocenters. The summed E-state index contributed by atoms with van der Waals surface area (Å²) in [5, 5.41) is 4.09. The first-order valence-corrected chi connectivity index (χ1v) is 11.3. The average molecular weight is 503 g/mol. The fourth-order valence-electron chi connectivity index (χ4n) is 3.62. The first kappa shape index (κ1) is 24.0. The molecule has 1 aromatic heterocycles. The van der Waals surface area contributed by atoms with Gasteiger partial charge in [-0.2, -0.15) is 0 Å². The lowest BCUT2D eigenvalue weighted by atomic mass is 9.96. The van der Waals surface area contributed by atoms with Crippen molar-refractivity contribution in [2.45, 2.75) is 53.3 Å².